The second-order valence-electron chi connectivity index (χ2n) is 10.7. The molecule has 1 aromatic rings. The maximum atomic E-state index is 11.7. The van der Waals surface area contributed by atoms with Gasteiger partial charge >= 0.3 is 5.97 Å². The van der Waals surface area contributed by atoms with Gasteiger partial charge in [0.2, 0.25) is 0 Å². The minimum absolute atomic E-state index is 0.0178. The molecule has 0 amide bonds. The second kappa shape index (κ2) is 10.7. The van der Waals surface area contributed by atoms with Gasteiger partial charge in [0.1, 0.15) is 6.10 Å². The first-order valence-electron chi connectivity index (χ1n) is 12.7. The van der Waals surface area contributed by atoms with Gasteiger partial charge in [0.05, 0.1) is 12.0 Å². The van der Waals surface area contributed by atoms with Crippen LogP contribution in [0.3, 0.4) is 0 Å². The molecule has 6 atom stereocenters. The van der Waals surface area contributed by atoms with Crippen LogP contribution in [0, 0.1) is 30.1 Å². The number of benzene rings is 1. The van der Waals surface area contributed by atoms with Crippen LogP contribution in [0.4, 0.5) is 0 Å². The number of piperazine rings is 1. The van der Waals surface area contributed by atoms with E-state index in [0.717, 1.165) is 62.7 Å². The molecule has 0 aromatic heterocycles. The van der Waals surface area contributed by atoms with Crippen molar-refractivity contribution in [2.45, 2.75) is 58.8 Å². The molecular weight excluding hydrogens is 448 g/mol. The molecule has 2 radical (unpaired) electrons. The topological polar surface area (TPSA) is 53.0 Å². The van der Waals surface area contributed by atoms with E-state index in [0.29, 0.717) is 11.8 Å². The molecule has 0 spiro atoms. The average molecular weight is 487 g/mol. The summed E-state index contributed by atoms with van der Waals surface area (Å²) in [5.74, 6) is 0.622. The lowest BCUT2D eigenvalue weighted by molar-refractivity contribution is -0.148. The lowest BCUT2D eigenvalue weighted by atomic mass is 9.57. The zero-order valence-corrected chi connectivity index (χ0v) is 21.7. The van der Waals surface area contributed by atoms with Crippen LogP contribution in [0.25, 0.3) is 0 Å². The Kier molecular flexibility index (Phi) is 8.08. The Bertz CT molecular complexity index is 880. The van der Waals surface area contributed by atoms with E-state index < -0.39 is 11.7 Å². The van der Waals surface area contributed by atoms with Gasteiger partial charge < -0.3 is 14.7 Å². The van der Waals surface area contributed by atoms with Gasteiger partial charge in [0.15, 0.2) is 0 Å². The van der Waals surface area contributed by atoms with E-state index in [1.54, 1.807) is 0 Å². The first-order valence-corrected chi connectivity index (χ1v) is 13.1. The normalized spacial score (nSPS) is 33.6. The van der Waals surface area contributed by atoms with Crippen LogP contribution in [0.2, 0.25) is 5.02 Å². The van der Waals surface area contributed by atoms with Crippen molar-refractivity contribution in [3.63, 3.8) is 0 Å². The number of carbonyl (C=O) groups excluding carboxylic acids is 1. The number of aliphatic hydroxyl groups is 1. The summed E-state index contributed by atoms with van der Waals surface area (Å²) in [4.78, 5) is 16.6. The highest BCUT2D eigenvalue weighted by molar-refractivity contribution is 6.30. The molecule has 1 aliphatic heterocycles. The summed E-state index contributed by atoms with van der Waals surface area (Å²) >= 11 is 6.02. The quantitative estimate of drug-likeness (QED) is 0.475. The maximum absolute atomic E-state index is 11.7. The smallest absolute Gasteiger partial charge is 0.303 e. The van der Waals surface area contributed by atoms with Crippen molar-refractivity contribution in [3.8, 4) is 0 Å². The van der Waals surface area contributed by atoms with Crippen molar-refractivity contribution in [2.75, 3.05) is 32.7 Å². The average Bonchev–Trinajstić information content (AvgIpc) is 2.78. The van der Waals surface area contributed by atoms with Gasteiger partial charge in [-0.1, -0.05) is 43.7 Å². The molecule has 4 rings (SSSR count). The van der Waals surface area contributed by atoms with Crippen molar-refractivity contribution < 1.29 is 14.6 Å². The van der Waals surface area contributed by atoms with Crippen LogP contribution in [0.15, 0.2) is 35.9 Å². The fourth-order valence-electron chi connectivity index (χ4n) is 6.13. The SMILES string of the molecule is CC(=O)O[C@@H]1[C][C@@]2(O)[C@H](C)CC[C@@H]([C@H](C)CN3CCN(Cc4ccc(Cl)cc4)CC3)[C@H]2C=C1C. The third kappa shape index (κ3) is 5.70. The van der Waals surface area contributed by atoms with Crippen molar-refractivity contribution in [1.82, 2.24) is 9.80 Å². The predicted molar refractivity (Wildman–Crippen MR) is 135 cm³/mol. The Balaban J connectivity index is 1.35. The van der Waals surface area contributed by atoms with Crippen LogP contribution in [0.5, 0.6) is 0 Å². The summed E-state index contributed by atoms with van der Waals surface area (Å²) in [5, 5.41) is 12.5. The number of ether oxygens (including phenoxy) is 1. The van der Waals surface area contributed by atoms with Crippen molar-refractivity contribution in [3.05, 3.63) is 52.9 Å². The molecule has 1 aromatic carbocycles. The Morgan fingerprint density at radius 2 is 1.85 bits per heavy atom. The number of carbonyl (C=O) groups is 1. The van der Waals surface area contributed by atoms with Crippen LogP contribution in [-0.2, 0) is 16.1 Å². The lowest BCUT2D eigenvalue weighted by Crippen LogP contribution is -2.57. The molecule has 2 aliphatic carbocycles. The van der Waals surface area contributed by atoms with Crippen LogP contribution < -0.4 is 0 Å². The Morgan fingerprint density at radius 3 is 2.50 bits per heavy atom. The molecule has 1 heterocycles. The highest BCUT2D eigenvalue weighted by Crippen LogP contribution is 2.50. The van der Waals surface area contributed by atoms with Gasteiger partial charge in [0, 0.05) is 57.1 Å². The molecular formula is C28H39ClN2O3. The first kappa shape index (κ1) is 25.7. The monoisotopic (exact) mass is 486 g/mol. The summed E-state index contributed by atoms with van der Waals surface area (Å²) < 4.78 is 5.44. The van der Waals surface area contributed by atoms with E-state index >= 15 is 0 Å². The van der Waals surface area contributed by atoms with E-state index in [4.69, 9.17) is 16.3 Å². The molecule has 1 saturated heterocycles. The highest BCUT2D eigenvalue weighted by Gasteiger charge is 2.53. The molecule has 0 bridgehead atoms. The van der Waals surface area contributed by atoms with Gasteiger partial charge in [0.25, 0.3) is 0 Å². The number of esters is 1. The van der Waals surface area contributed by atoms with Crippen LogP contribution in [0.1, 0.15) is 46.1 Å². The van der Waals surface area contributed by atoms with Gasteiger partial charge in [-0.2, -0.15) is 0 Å². The fraction of sp³-hybridized carbons (Fsp3) is 0.643. The molecule has 3 aliphatic rings. The number of hydrogen-bond acceptors (Lipinski definition) is 5. The van der Waals surface area contributed by atoms with E-state index in [1.807, 2.05) is 19.1 Å². The molecule has 5 nitrogen and oxygen atoms in total. The van der Waals surface area contributed by atoms with Gasteiger partial charge in [-0.05, 0) is 60.8 Å². The van der Waals surface area contributed by atoms with Crippen molar-refractivity contribution in [1.29, 1.82) is 0 Å². The summed E-state index contributed by atoms with van der Waals surface area (Å²) in [7, 11) is 0. The summed E-state index contributed by atoms with van der Waals surface area (Å²) in [5.41, 5.74) is 1.24. The molecule has 1 saturated carbocycles. The largest absolute Gasteiger partial charge is 0.457 e. The standard InChI is InChI=1S/C28H39ClN2O3/c1-19-15-26-25(10-5-21(3)28(26,33)16-27(19)34-22(4)32)20(2)17-30-11-13-31(14-12-30)18-23-6-8-24(29)9-7-23/h6-9,15,20-21,25-27,33H,5,10-14,17-18H2,1-4H3/t20-,21-,25+,26-,27-,28-/m1/s1. The number of rotatable bonds is 6. The number of nitrogens with zero attached hydrogens (tertiary/aromatic N) is 2. The summed E-state index contributed by atoms with van der Waals surface area (Å²) in [6.07, 6.45) is 6.99. The van der Waals surface area contributed by atoms with Crippen LogP contribution >= 0.6 is 11.6 Å². The molecule has 186 valence electrons. The van der Waals surface area contributed by atoms with Crippen molar-refractivity contribution >= 4 is 17.6 Å². The van der Waals surface area contributed by atoms with Crippen LogP contribution in [-0.4, -0.2) is 65.3 Å². The lowest BCUT2D eigenvalue weighted by Gasteiger charge is -2.53. The predicted octanol–water partition coefficient (Wildman–Crippen LogP) is 4.46. The minimum atomic E-state index is -1.05. The molecule has 34 heavy (non-hydrogen) atoms. The minimum Gasteiger partial charge on any atom is -0.457 e. The van der Waals surface area contributed by atoms with Crippen molar-refractivity contribution in [2.24, 2.45) is 23.7 Å². The first-order chi connectivity index (χ1) is 16.2. The zero-order valence-electron chi connectivity index (χ0n) is 21.0. The third-order valence-corrected chi connectivity index (χ3v) is 8.47. The van der Waals surface area contributed by atoms with Gasteiger partial charge in [-0.15, -0.1) is 0 Å². The number of fused-ring (bicyclic) bond motifs is 1. The van der Waals surface area contributed by atoms with Gasteiger partial charge in [-0.3, -0.25) is 9.69 Å². The number of hydrogen-bond donors (Lipinski definition) is 1. The highest BCUT2D eigenvalue weighted by atomic mass is 35.5. The number of halogens is 1. The van der Waals surface area contributed by atoms with Gasteiger partial charge in [-0.25, -0.2) is 0 Å². The molecule has 6 heteroatoms. The van der Waals surface area contributed by atoms with E-state index in [1.165, 1.54) is 12.5 Å². The third-order valence-electron chi connectivity index (χ3n) is 8.22. The maximum Gasteiger partial charge on any atom is 0.303 e. The second-order valence-corrected chi connectivity index (χ2v) is 11.2. The van der Waals surface area contributed by atoms with E-state index in [-0.39, 0.29) is 17.8 Å². The molecule has 1 N–H and O–H groups in total. The Labute approximate surface area is 210 Å². The fourth-order valence-corrected chi connectivity index (χ4v) is 6.25. The Hall–Kier alpha value is -1.40. The molecule has 0 unspecified atom stereocenters. The summed E-state index contributed by atoms with van der Waals surface area (Å²) in [6.45, 7) is 14.1. The summed E-state index contributed by atoms with van der Waals surface area (Å²) in [6, 6.07) is 8.15. The Morgan fingerprint density at radius 1 is 1.21 bits per heavy atom. The van der Waals surface area contributed by atoms with E-state index in [2.05, 4.69) is 48.3 Å². The zero-order chi connectivity index (χ0) is 24.5. The van der Waals surface area contributed by atoms with E-state index in [9.17, 15) is 9.90 Å². The molecule has 2 fully saturated rings.